The molecule has 0 radical (unpaired) electrons. The lowest BCUT2D eigenvalue weighted by Gasteiger charge is -2.36. The fourth-order valence-electron chi connectivity index (χ4n) is 3.31. The molecule has 5 nitrogen and oxygen atoms in total. The molecular weight excluding hydrogens is 244 g/mol. The highest BCUT2D eigenvalue weighted by atomic mass is 16.5. The average Bonchev–Trinajstić information content (AvgIpc) is 3.06. The summed E-state index contributed by atoms with van der Waals surface area (Å²) in [5.74, 6) is 0.705. The highest BCUT2D eigenvalue weighted by molar-refractivity contribution is 5.87. The van der Waals surface area contributed by atoms with Crippen LogP contribution in [0, 0.1) is 5.92 Å². The minimum Gasteiger partial charge on any atom is -0.463 e. The topological polar surface area (TPSA) is 54.7 Å². The van der Waals surface area contributed by atoms with Gasteiger partial charge in [-0.2, -0.15) is 0 Å². The lowest BCUT2D eigenvalue weighted by atomic mass is 9.91. The van der Waals surface area contributed by atoms with Gasteiger partial charge in [-0.3, -0.25) is 4.90 Å². The first-order valence-electron chi connectivity index (χ1n) is 6.89. The Morgan fingerprint density at radius 2 is 2.47 bits per heavy atom. The lowest BCUT2D eigenvalue weighted by Crippen LogP contribution is -2.44. The largest absolute Gasteiger partial charge is 0.463 e. The Morgan fingerprint density at radius 1 is 1.58 bits per heavy atom. The quantitative estimate of drug-likeness (QED) is 0.833. The van der Waals surface area contributed by atoms with Gasteiger partial charge in [-0.25, -0.2) is 4.79 Å². The SMILES string of the molecule is COC(=O)c1occc1CN1CCCC2CNCC21. The van der Waals surface area contributed by atoms with Gasteiger partial charge in [0.2, 0.25) is 5.76 Å². The number of ether oxygens (including phenoxy) is 1. The summed E-state index contributed by atoms with van der Waals surface area (Å²) < 4.78 is 10.0. The van der Waals surface area contributed by atoms with Crippen molar-refractivity contribution in [3.8, 4) is 0 Å². The molecule has 3 heterocycles. The van der Waals surface area contributed by atoms with Crippen LogP contribution in [0.15, 0.2) is 16.7 Å². The van der Waals surface area contributed by atoms with E-state index in [1.165, 1.54) is 20.0 Å². The first-order chi connectivity index (χ1) is 9.29. The van der Waals surface area contributed by atoms with E-state index in [-0.39, 0.29) is 0 Å². The van der Waals surface area contributed by atoms with Crippen LogP contribution >= 0.6 is 0 Å². The summed E-state index contributed by atoms with van der Waals surface area (Å²) in [7, 11) is 1.38. The highest BCUT2D eigenvalue weighted by Crippen LogP contribution is 2.28. The number of carbonyl (C=O) groups excluding carboxylic acids is 1. The summed E-state index contributed by atoms with van der Waals surface area (Å²) >= 11 is 0. The number of furan rings is 1. The van der Waals surface area contributed by atoms with Crippen LogP contribution in [0.5, 0.6) is 0 Å². The number of methoxy groups -OCH3 is 1. The van der Waals surface area contributed by atoms with E-state index in [1.54, 1.807) is 6.26 Å². The first kappa shape index (κ1) is 12.7. The minimum atomic E-state index is -0.391. The summed E-state index contributed by atoms with van der Waals surface area (Å²) in [6, 6.07) is 2.47. The zero-order valence-electron chi connectivity index (χ0n) is 11.2. The molecule has 1 N–H and O–H groups in total. The van der Waals surface area contributed by atoms with Crippen molar-refractivity contribution in [2.45, 2.75) is 25.4 Å². The molecule has 1 aromatic heterocycles. The highest BCUT2D eigenvalue weighted by Gasteiger charge is 2.35. The summed E-state index contributed by atoms with van der Waals surface area (Å²) in [6.45, 7) is 4.03. The fraction of sp³-hybridized carbons (Fsp3) is 0.643. The van der Waals surface area contributed by atoms with E-state index in [0.717, 1.165) is 37.7 Å². The molecule has 0 bridgehead atoms. The van der Waals surface area contributed by atoms with Crippen molar-refractivity contribution in [1.82, 2.24) is 10.2 Å². The summed E-state index contributed by atoms with van der Waals surface area (Å²) in [4.78, 5) is 14.1. The molecule has 5 heteroatoms. The molecule has 2 fully saturated rings. The fourth-order valence-corrected chi connectivity index (χ4v) is 3.31. The third-order valence-corrected chi connectivity index (χ3v) is 4.28. The molecule has 0 spiro atoms. The molecule has 3 rings (SSSR count). The van der Waals surface area contributed by atoms with E-state index in [0.29, 0.717) is 11.8 Å². The molecule has 0 saturated carbocycles. The van der Waals surface area contributed by atoms with Crippen molar-refractivity contribution >= 4 is 5.97 Å². The predicted molar refractivity (Wildman–Crippen MR) is 69.8 cm³/mol. The first-order valence-corrected chi connectivity index (χ1v) is 6.89. The smallest absolute Gasteiger partial charge is 0.374 e. The number of esters is 1. The molecule has 2 unspecified atom stereocenters. The van der Waals surface area contributed by atoms with Crippen LogP contribution in [0.3, 0.4) is 0 Å². The Morgan fingerprint density at radius 3 is 3.32 bits per heavy atom. The van der Waals surface area contributed by atoms with Gasteiger partial charge in [0, 0.05) is 24.7 Å². The summed E-state index contributed by atoms with van der Waals surface area (Å²) in [5, 5.41) is 3.47. The molecule has 0 aliphatic carbocycles. The van der Waals surface area contributed by atoms with Gasteiger partial charge < -0.3 is 14.5 Å². The lowest BCUT2D eigenvalue weighted by molar-refractivity contribution is 0.0558. The molecule has 0 amide bonds. The number of hydrogen-bond donors (Lipinski definition) is 1. The molecule has 104 valence electrons. The molecule has 2 aliphatic heterocycles. The van der Waals surface area contributed by atoms with E-state index >= 15 is 0 Å². The Hall–Kier alpha value is -1.33. The van der Waals surface area contributed by atoms with Crippen LogP contribution in [0.2, 0.25) is 0 Å². The van der Waals surface area contributed by atoms with Crippen LogP contribution in [0.25, 0.3) is 0 Å². The standard InChI is InChI=1S/C14H20N2O3/c1-18-14(17)13-11(4-6-19-13)9-16-5-2-3-10-7-15-8-12(10)16/h4,6,10,12,15H,2-3,5,7-9H2,1H3. The van der Waals surface area contributed by atoms with Crippen molar-refractivity contribution in [2.24, 2.45) is 5.92 Å². The Labute approximate surface area is 112 Å². The van der Waals surface area contributed by atoms with Crippen LogP contribution < -0.4 is 5.32 Å². The van der Waals surface area contributed by atoms with E-state index in [4.69, 9.17) is 9.15 Å². The average molecular weight is 264 g/mol. The number of nitrogens with zero attached hydrogens (tertiary/aromatic N) is 1. The normalized spacial score (nSPS) is 27.2. The van der Waals surface area contributed by atoms with Crippen molar-refractivity contribution in [1.29, 1.82) is 0 Å². The maximum atomic E-state index is 11.6. The van der Waals surface area contributed by atoms with E-state index in [2.05, 4.69) is 10.2 Å². The zero-order valence-corrected chi connectivity index (χ0v) is 11.2. The van der Waals surface area contributed by atoms with Gasteiger partial charge in [0.1, 0.15) is 0 Å². The second-order valence-electron chi connectivity index (χ2n) is 5.36. The van der Waals surface area contributed by atoms with Gasteiger partial charge in [0.05, 0.1) is 13.4 Å². The second kappa shape index (κ2) is 5.35. The van der Waals surface area contributed by atoms with E-state index in [9.17, 15) is 4.79 Å². The van der Waals surface area contributed by atoms with Crippen molar-refractivity contribution < 1.29 is 13.9 Å². The van der Waals surface area contributed by atoms with Gasteiger partial charge in [-0.1, -0.05) is 0 Å². The van der Waals surface area contributed by atoms with E-state index < -0.39 is 5.97 Å². The molecule has 0 aromatic carbocycles. The van der Waals surface area contributed by atoms with E-state index in [1.807, 2.05) is 6.07 Å². The van der Waals surface area contributed by atoms with Gasteiger partial charge in [-0.05, 0) is 37.9 Å². The molecule has 1 aromatic rings. The molecule has 2 aliphatic rings. The number of rotatable bonds is 3. The zero-order chi connectivity index (χ0) is 13.2. The maximum absolute atomic E-state index is 11.6. The Kier molecular flexibility index (Phi) is 3.57. The predicted octanol–water partition coefficient (Wildman–Crippen LogP) is 1.25. The number of nitrogens with one attached hydrogen (secondary N) is 1. The van der Waals surface area contributed by atoms with Crippen LogP contribution in [0.4, 0.5) is 0 Å². The number of likely N-dealkylation sites (tertiary alicyclic amines) is 1. The summed E-state index contributed by atoms with van der Waals surface area (Å²) in [6.07, 6.45) is 4.10. The van der Waals surface area contributed by atoms with Crippen LogP contribution in [-0.4, -0.2) is 43.7 Å². The van der Waals surface area contributed by atoms with Gasteiger partial charge in [-0.15, -0.1) is 0 Å². The molecule has 2 saturated heterocycles. The number of fused-ring (bicyclic) bond motifs is 1. The van der Waals surface area contributed by atoms with Gasteiger partial charge in [0.15, 0.2) is 0 Å². The molecule has 19 heavy (non-hydrogen) atoms. The molecular formula is C14H20N2O3. The molecule has 2 atom stereocenters. The Balaban J connectivity index is 1.74. The monoisotopic (exact) mass is 264 g/mol. The number of piperidine rings is 1. The third-order valence-electron chi connectivity index (χ3n) is 4.28. The maximum Gasteiger partial charge on any atom is 0.374 e. The third kappa shape index (κ3) is 2.40. The Bertz CT molecular complexity index is 457. The second-order valence-corrected chi connectivity index (χ2v) is 5.36. The summed E-state index contributed by atoms with van der Waals surface area (Å²) in [5.41, 5.74) is 0.930. The van der Waals surface area contributed by atoms with Gasteiger partial charge in [0.25, 0.3) is 0 Å². The van der Waals surface area contributed by atoms with Gasteiger partial charge >= 0.3 is 5.97 Å². The number of hydrogen-bond acceptors (Lipinski definition) is 5. The van der Waals surface area contributed by atoms with Crippen molar-refractivity contribution in [3.63, 3.8) is 0 Å². The van der Waals surface area contributed by atoms with Crippen molar-refractivity contribution in [3.05, 3.63) is 23.7 Å². The van der Waals surface area contributed by atoms with Crippen molar-refractivity contribution in [2.75, 3.05) is 26.7 Å². The number of carbonyl (C=O) groups is 1. The minimum absolute atomic E-state index is 0.343. The van der Waals surface area contributed by atoms with Crippen LogP contribution in [0.1, 0.15) is 29.0 Å². The van der Waals surface area contributed by atoms with Crippen LogP contribution in [-0.2, 0) is 11.3 Å².